The number of amides is 14. The molecule has 9 N–H and O–H groups in total. The number of hydroxylamine groups is 2. The third-order valence-corrected chi connectivity index (χ3v) is 23.6. The van der Waals surface area contributed by atoms with Crippen LogP contribution in [0.4, 0.5) is 15.3 Å². The summed E-state index contributed by atoms with van der Waals surface area (Å²) in [7, 11) is 8.13. The van der Waals surface area contributed by atoms with E-state index in [0.717, 1.165) is 10.8 Å². The number of nitrogens with two attached hydrogens (primary N) is 1. The lowest BCUT2D eigenvalue weighted by Gasteiger charge is -2.41. The topological polar surface area (TPSA) is 419 Å². The van der Waals surface area contributed by atoms with Crippen LogP contribution >= 0.6 is 11.8 Å². The summed E-state index contributed by atoms with van der Waals surface area (Å²) in [6.07, 6.45) is 0.533. The largest absolute Gasteiger partial charge is 0.445 e. The number of imide groups is 2. The smallest absolute Gasteiger partial charge is 0.407 e. The van der Waals surface area contributed by atoms with Gasteiger partial charge in [0, 0.05) is 83.6 Å². The monoisotopic (exact) mass is 1620 g/mol. The lowest BCUT2D eigenvalue weighted by molar-refractivity contribution is -0.198. The molecule has 0 radical (unpaired) electrons. The Morgan fingerprint density at radius 3 is 1.99 bits per heavy atom. The molecule has 14 amide bonds. The van der Waals surface area contributed by atoms with Gasteiger partial charge in [-0.05, 0) is 123 Å². The first-order valence-corrected chi connectivity index (χ1v) is 40.9. The molecule has 3 aliphatic heterocycles. The van der Waals surface area contributed by atoms with Gasteiger partial charge in [-0.25, -0.2) is 14.4 Å². The molecule has 0 aromatic heterocycles. The molecule has 32 nitrogen and oxygen atoms in total. The maximum atomic E-state index is 15.2. The van der Waals surface area contributed by atoms with Gasteiger partial charge in [0.1, 0.15) is 24.7 Å². The van der Waals surface area contributed by atoms with Gasteiger partial charge < -0.3 is 71.8 Å². The van der Waals surface area contributed by atoms with Crippen LogP contribution in [0.3, 0.4) is 0 Å². The normalized spacial score (nSPS) is 18.9. The maximum Gasteiger partial charge on any atom is 0.407 e. The number of likely N-dealkylation sites (N-methyl/N-ethyl adjacent to an activating group) is 2. The number of ether oxygens (including phenoxy) is 3. The third kappa shape index (κ3) is 26.2. The second-order valence-corrected chi connectivity index (χ2v) is 33.2. The number of hydrogen-bond acceptors (Lipinski definition) is 21. The van der Waals surface area contributed by atoms with Crippen LogP contribution in [-0.2, 0) is 83.2 Å². The van der Waals surface area contributed by atoms with Gasteiger partial charge in [0.2, 0.25) is 53.2 Å². The van der Waals surface area contributed by atoms with Crippen LogP contribution in [0, 0.1) is 35.0 Å². The van der Waals surface area contributed by atoms with Crippen LogP contribution in [0.5, 0.6) is 0 Å². The number of ketones is 1. The van der Waals surface area contributed by atoms with Crippen LogP contribution in [-0.4, -0.2) is 241 Å². The number of nitrogens with one attached hydrogen (secondary N) is 7. The van der Waals surface area contributed by atoms with E-state index in [0.29, 0.717) is 66.2 Å². The van der Waals surface area contributed by atoms with Crippen molar-refractivity contribution in [3.8, 4) is 0 Å². The Bertz CT molecular complexity index is 3940. The number of anilines is 1. The van der Waals surface area contributed by atoms with Crippen molar-refractivity contribution < 1.29 is 91.0 Å². The number of methoxy groups -OCH3 is 2. The average molecular weight is 1620 g/mol. The van der Waals surface area contributed by atoms with Crippen molar-refractivity contribution in [3.63, 3.8) is 0 Å². The zero-order chi connectivity index (χ0) is 84.7. The molecule has 12 atom stereocenters. The predicted molar refractivity (Wildman–Crippen MR) is 429 cm³/mol. The number of benzene rings is 3. The second kappa shape index (κ2) is 43.4. The van der Waals surface area contributed by atoms with E-state index < -0.39 is 136 Å². The Kier molecular flexibility index (Phi) is 34.9. The number of urea groups is 1. The number of unbranched alkanes of at least 4 members (excludes halogenated alkanes) is 2. The van der Waals surface area contributed by atoms with Crippen LogP contribution in [0.2, 0.25) is 0 Å². The molecule has 33 heteroatoms. The number of hydrogen-bond donors (Lipinski definition) is 8. The van der Waals surface area contributed by atoms with E-state index >= 15 is 4.79 Å². The molecule has 3 aromatic rings. The van der Waals surface area contributed by atoms with E-state index in [2.05, 4.69) is 37.2 Å². The van der Waals surface area contributed by atoms with Gasteiger partial charge in [0.15, 0.2) is 5.78 Å². The van der Waals surface area contributed by atoms with E-state index in [9.17, 15) is 67.1 Å². The summed E-state index contributed by atoms with van der Waals surface area (Å²) in [5, 5.41) is 21.2. The van der Waals surface area contributed by atoms with Gasteiger partial charge in [0.25, 0.3) is 11.8 Å². The van der Waals surface area contributed by atoms with Crippen LogP contribution in [0.1, 0.15) is 175 Å². The fourth-order valence-electron chi connectivity index (χ4n) is 15.1. The van der Waals surface area contributed by atoms with E-state index in [-0.39, 0.29) is 138 Å². The number of carbonyl (C=O) groups excluding carboxylic acids is 15. The van der Waals surface area contributed by atoms with Crippen LogP contribution < -0.4 is 43.0 Å². The SMILES string of the molecule is CC[C@H](C)C([C@@H](CC(=O)N1C[C@@H](NC(=O)OCc2ccc(NC(=O)C(CCCNC(N)=O)NC(=O)[C@@H](NC(=O)CCCCCN3C(=O)CC(SCC4(CC(=O)ON5C(=O)CCC5=O)CC4)C3=O)C(C)C)cc2)C[C@H]1[C@H](OC)[C@@H](C)C(=O)NCC(=O)c1ccc2ccccc2c1)OC)N(C)C(=O)[C@@H](NC(=O)[C@H](C(C)C)N(C)C)C(C)C. The molecular weight excluding hydrogens is 1500 g/mol. The molecule has 1 aliphatic carbocycles. The van der Waals surface area contributed by atoms with E-state index in [4.69, 9.17) is 24.8 Å². The van der Waals surface area contributed by atoms with Crippen molar-refractivity contribution in [2.75, 3.05) is 72.6 Å². The molecule has 0 bridgehead atoms. The van der Waals surface area contributed by atoms with Crippen LogP contribution in [0.25, 0.3) is 10.8 Å². The Morgan fingerprint density at radius 2 is 1.38 bits per heavy atom. The van der Waals surface area contributed by atoms with Crippen molar-refractivity contribution in [2.45, 2.75) is 225 Å². The molecule has 0 spiro atoms. The quantitative estimate of drug-likeness (QED) is 0.0185. The minimum atomic E-state index is -1.17. The highest BCUT2D eigenvalue weighted by molar-refractivity contribution is 8.00. The summed E-state index contributed by atoms with van der Waals surface area (Å²) in [5.41, 5.74) is 6.06. The summed E-state index contributed by atoms with van der Waals surface area (Å²) in [6.45, 7) is 16.2. The fourth-order valence-corrected chi connectivity index (χ4v) is 16.6. The number of fused-ring (bicyclic) bond motifs is 1. The van der Waals surface area contributed by atoms with Crippen LogP contribution in [0.15, 0.2) is 66.7 Å². The lowest BCUT2D eigenvalue weighted by atomic mass is 9.89. The van der Waals surface area contributed by atoms with Gasteiger partial charge in [-0.2, -0.15) is 0 Å². The Morgan fingerprint density at radius 1 is 0.713 bits per heavy atom. The molecule has 4 fully saturated rings. The van der Waals surface area contributed by atoms with Gasteiger partial charge >= 0.3 is 18.1 Å². The third-order valence-electron chi connectivity index (χ3n) is 22.0. The first kappa shape index (κ1) is 92.6. The number of rotatable bonds is 45. The first-order valence-electron chi connectivity index (χ1n) is 39.9. The number of alkyl carbamates (subject to hydrolysis) is 1. The zero-order valence-corrected chi connectivity index (χ0v) is 69.7. The molecule has 1 saturated carbocycles. The highest BCUT2D eigenvalue weighted by Gasteiger charge is 2.50. The van der Waals surface area contributed by atoms with E-state index in [1.165, 1.54) is 30.9 Å². The molecule has 3 heterocycles. The van der Waals surface area contributed by atoms with E-state index in [1.54, 1.807) is 74.0 Å². The number of nitrogens with zero attached hydrogens (tertiary/aromatic N) is 5. The number of carbonyl (C=O) groups is 15. The minimum absolute atomic E-state index is 0.00101. The molecule has 4 aliphatic rings. The standard InChI is InChI=1S/C82H119N13O19S/c1-15-50(8)72(92(12)79(108)70(48(4)5)90-77(106)71(49(6)7)91(10)11)61(111-13)40-66(100)94-44-57(39-59(94)73(112-14)51(9)74(103)85-43-60(96)55-29-28-53-22-18-19-23-54(53)38-55)87-81(110)113-45-52-26-30-56(31-27-52)86-75(104)58(24-21-36-84-80(83)109)88-76(105)69(47(2)3)89-63(97)25-17-16-20-37-93-67(101)41-62(78(93)107)115-46-82(34-35-82)42-68(102)114-95-64(98)32-33-65(95)99/h18-19,22-23,26-31,38,47-51,57-59,61-62,69-73H,15-17,20-21,24-25,32-37,39-46H2,1-14H3,(H,85,103)(H,86,104)(H,87,110)(H,88,105)(H,89,97)(H,90,106)(H3,83,84,109)/t50-,51+,57-,58?,59-,61+,62?,69-,70-,71-,72?,73+/m0/s1. The zero-order valence-electron chi connectivity index (χ0n) is 68.8. The second-order valence-electron chi connectivity index (χ2n) is 32.0. The van der Waals surface area contributed by atoms with Crippen molar-refractivity contribution in [1.82, 2.24) is 56.6 Å². The maximum absolute atomic E-state index is 15.2. The number of likely N-dealkylation sites (tertiary alicyclic amines) is 2. The van der Waals surface area contributed by atoms with Gasteiger partial charge in [-0.3, -0.25) is 67.3 Å². The molecule has 3 aromatic carbocycles. The summed E-state index contributed by atoms with van der Waals surface area (Å²) in [5.74, 6) is -7.73. The molecule has 3 unspecified atom stereocenters. The summed E-state index contributed by atoms with van der Waals surface area (Å²) < 4.78 is 18.0. The number of thioether (sulfide) groups is 1. The van der Waals surface area contributed by atoms with Crippen molar-refractivity contribution in [2.24, 2.45) is 40.7 Å². The Hall–Kier alpha value is -9.60. The first-order chi connectivity index (χ1) is 54.5. The number of Topliss-reactive ketones (excluding diaryl/α,β-unsaturated/α-hetero) is 1. The molecule has 632 valence electrons. The molecule has 115 heavy (non-hydrogen) atoms. The lowest BCUT2D eigenvalue weighted by Crippen LogP contribution is -2.59. The van der Waals surface area contributed by atoms with Gasteiger partial charge in [0.05, 0.1) is 66.9 Å². The molecular formula is C82H119N13O19S. The number of primary amides is 1. The average Bonchev–Trinajstić information content (AvgIpc) is 1.57. The summed E-state index contributed by atoms with van der Waals surface area (Å²) >= 11 is 1.30. The van der Waals surface area contributed by atoms with Gasteiger partial charge in [-0.1, -0.05) is 124 Å². The summed E-state index contributed by atoms with van der Waals surface area (Å²) in [6, 6.07) is 12.5. The predicted octanol–water partition coefficient (Wildman–Crippen LogP) is 5.90. The van der Waals surface area contributed by atoms with E-state index in [1.807, 2.05) is 90.9 Å². The van der Waals surface area contributed by atoms with Crippen molar-refractivity contribution >= 4 is 117 Å². The molecule has 3 saturated heterocycles. The van der Waals surface area contributed by atoms with Crippen molar-refractivity contribution in [3.05, 3.63) is 77.9 Å². The highest BCUT2D eigenvalue weighted by Crippen LogP contribution is 2.52. The Labute approximate surface area is 677 Å². The minimum Gasteiger partial charge on any atom is -0.445 e. The van der Waals surface area contributed by atoms with Gasteiger partial charge in [-0.15, -0.1) is 16.8 Å². The fraction of sp³-hybridized carbons (Fsp3) is 0.622. The Balaban J connectivity index is 0.946. The highest BCUT2D eigenvalue weighted by atomic mass is 32.2. The molecule has 7 rings (SSSR count). The van der Waals surface area contributed by atoms with Crippen molar-refractivity contribution in [1.29, 1.82) is 0 Å². The summed E-state index contributed by atoms with van der Waals surface area (Å²) in [4.78, 5) is 212.